The summed E-state index contributed by atoms with van der Waals surface area (Å²) >= 11 is 0. The van der Waals surface area contributed by atoms with Gasteiger partial charge in [-0.2, -0.15) is 4.98 Å². The number of nitro groups is 1. The van der Waals surface area contributed by atoms with E-state index in [2.05, 4.69) is 25.9 Å². The Labute approximate surface area is 213 Å². The topological polar surface area (TPSA) is 169 Å². The third kappa shape index (κ3) is 7.88. The second-order valence-corrected chi connectivity index (χ2v) is 8.32. The minimum absolute atomic E-state index is 0.0603. The summed E-state index contributed by atoms with van der Waals surface area (Å²) < 4.78 is 5.16. The van der Waals surface area contributed by atoms with Crippen molar-refractivity contribution in [3.05, 3.63) is 81.5 Å². The van der Waals surface area contributed by atoms with E-state index in [-0.39, 0.29) is 35.5 Å². The van der Waals surface area contributed by atoms with E-state index in [1.165, 1.54) is 18.2 Å². The van der Waals surface area contributed by atoms with Crippen LogP contribution in [0.25, 0.3) is 0 Å². The lowest BCUT2D eigenvalue weighted by molar-refractivity contribution is -0.384. The zero-order valence-electron chi connectivity index (χ0n) is 20.4. The molecule has 1 amide bonds. The number of anilines is 3. The summed E-state index contributed by atoms with van der Waals surface area (Å²) in [5.74, 6) is -1.22. The molecule has 0 aliphatic heterocycles. The maximum absolute atomic E-state index is 12.0. The van der Waals surface area contributed by atoms with Crippen molar-refractivity contribution in [2.75, 3.05) is 23.7 Å². The summed E-state index contributed by atoms with van der Waals surface area (Å²) in [6.07, 6.45) is -0.0867. The van der Waals surface area contributed by atoms with Crippen molar-refractivity contribution in [3.63, 3.8) is 0 Å². The van der Waals surface area contributed by atoms with Gasteiger partial charge in [-0.3, -0.25) is 10.1 Å². The van der Waals surface area contributed by atoms with E-state index in [4.69, 9.17) is 4.74 Å². The molecule has 12 nitrogen and oxygen atoms in total. The Morgan fingerprint density at radius 3 is 2.51 bits per heavy atom. The molecule has 0 atom stereocenters. The number of carbonyl (C=O) groups excluding carboxylic acids is 1. The molecule has 1 heterocycles. The summed E-state index contributed by atoms with van der Waals surface area (Å²) in [5.41, 5.74) is 1.40. The molecule has 0 spiro atoms. The Balaban J connectivity index is 1.64. The molecule has 4 N–H and O–H groups in total. The quantitative estimate of drug-likeness (QED) is 0.153. The molecule has 3 rings (SSSR count). The number of nitrogens with zero attached hydrogens (tertiary/aromatic N) is 3. The lowest BCUT2D eigenvalue weighted by atomic mass is 10.0. The molecule has 12 heteroatoms. The largest absolute Gasteiger partial charge is 0.477 e. The Kier molecular flexibility index (Phi) is 9.30. The van der Waals surface area contributed by atoms with Crippen LogP contribution >= 0.6 is 0 Å². The van der Waals surface area contributed by atoms with Crippen LogP contribution in [-0.4, -0.2) is 45.1 Å². The SMILES string of the molecule is CC(C)c1nc(Nc2cccc([N+](=O)[O-])c2)nc(NCCCNC(=O)OCc2ccccc2)c1C(=O)O. The van der Waals surface area contributed by atoms with Gasteiger partial charge in [-0.15, -0.1) is 0 Å². The van der Waals surface area contributed by atoms with E-state index in [0.717, 1.165) is 5.56 Å². The number of carboxylic acids is 1. The summed E-state index contributed by atoms with van der Waals surface area (Å²) in [4.78, 5) is 43.1. The number of carbonyl (C=O) groups is 2. The molecule has 0 fully saturated rings. The molecular formula is C25H28N6O6. The van der Waals surface area contributed by atoms with Gasteiger partial charge in [0.1, 0.15) is 18.0 Å². The fourth-order valence-corrected chi connectivity index (χ4v) is 3.38. The molecule has 194 valence electrons. The highest BCUT2D eigenvalue weighted by atomic mass is 16.6. The van der Waals surface area contributed by atoms with Crippen molar-refractivity contribution < 1.29 is 24.4 Å². The number of hydrogen-bond donors (Lipinski definition) is 4. The van der Waals surface area contributed by atoms with E-state index < -0.39 is 17.0 Å². The van der Waals surface area contributed by atoms with Crippen LogP contribution in [0.1, 0.15) is 47.8 Å². The van der Waals surface area contributed by atoms with E-state index in [1.807, 2.05) is 30.3 Å². The zero-order chi connectivity index (χ0) is 26.8. The molecule has 2 aromatic carbocycles. The fourth-order valence-electron chi connectivity index (χ4n) is 3.38. The number of non-ortho nitro benzene ring substituents is 1. The van der Waals surface area contributed by atoms with E-state index in [0.29, 0.717) is 30.9 Å². The first-order chi connectivity index (χ1) is 17.7. The summed E-state index contributed by atoms with van der Waals surface area (Å²) in [6.45, 7) is 4.38. The number of hydrogen-bond acceptors (Lipinski definition) is 9. The normalized spacial score (nSPS) is 10.6. The van der Waals surface area contributed by atoms with Gasteiger partial charge in [-0.05, 0) is 24.0 Å². The Morgan fingerprint density at radius 1 is 1.08 bits per heavy atom. The third-order valence-corrected chi connectivity index (χ3v) is 5.14. The number of amides is 1. The van der Waals surface area contributed by atoms with Gasteiger partial charge in [-0.1, -0.05) is 50.2 Å². The molecule has 0 bridgehead atoms. The Hall–Kier alpha value is -4.74. The number of ether oxygens (including phenoxy) is 1. The molecule has 37 heavy (non-hydrogen) atoms. The van der Waals surface area contributed by atoms with Crippen LogP contribution in [0, 0.1) is 10.1 Å². The van der Waals surface area contributed by atoms with Gasteiger partial charge in [0.05, 0.1) is 10.6 Å². The summed E-state index contributed by atoms with van der Waals surface area (Å²) in [6, 6.07) is 15.1. The van der Waals surface area contributed by atoms with Crippen molar-refractivity contribution >= 4 is 35.2 Å². The molecule has 0 aliphatic rings. The van der Waals surface area contributed by atoms with Crippen molar-refractivity contribution in [2.45, 2.75) is 32.8 Å². The van der Waals surface area contributed by atoms with Crippen molar-refractivity contribution in [1.82, 2.24) is 15.3 Å². The van der Waals surface area contributed by atoms with Gasteiger partial charge >= 0.3 is 12.1 Å². The number of nitrogens with one attached hydrogen (secondary N) is 3. The van der Waals surface area contributed by atoms with Crippen LogP contribution in [0.3, 0.4) is 0 Å². The molecule has 0 radical (unpaired) electrons. The van der Waals surface area contributed by atoms with Crippen LogP contribution in [0.15, 0.2) is 54.6 Å². The van der Waals surface area contributed by atoms with Gasteiger partial charge in [-0.25, -0.2) is 14.6 Å². The van der Waals surface area contributed by atoms with Gasteiger partial charge in [0, 0.05) is 30.9 Å². The average Bonchev–Trinajstić information content (AvgIpc) is 2.87. The molecule has 0 unspecified atom stereocenters. The standard InChI is InChI=1S/C25H28N6O6/c1-16(2)21-20(23(32)33)22(30-24(29-21)28-18-10-6-11-19(14-18)31(35)36)26-12-7-13-27-25(34)37-15-17-8-4-3-5-9-17/h3-6,8-11,14,16H,7,12-13,15H2,1-2H3,(H,27,34)(H,32,33)(H2,26,28,29,30). The molecule has 0 aliphatic carbocycles. The van der Waals surface area contributed by atoms with Crippen LogP contribution in [-0.2, 0) is 11.3 Å². The van der Waals surface area contributed by atoms with Crippen LogP contribution in [0.2, 0.25) is 0 Å². The number of aromatic nitrogens is 2. The molecule has 0 saturated carbocycles. The predicted octanol–water partition coefficient (Wildman–Crippen LogP) is 4.68. The van der Waals surface area contributed by atoms with Gasteiger partial charge in [0.15, 0.2) is 0 Å². The first kappa shape index (κ1) is 26.9. The number of alkyl carbamates (subject to hydrolysis) is 1. The van der Waals surface area contributed by atoms with Gasteiger partial charge in [0.2, 0.25) is 5.95 Å². The number of rotatable bonds is 12. The van der Waals surface area contributed by atoms with E-state index in [1.54, 1.807) is 19.9 Å². The van der Waals surface area contributed by atoms with Crippen LogP contribution < -0.4 is 16.0 Å². The fraction of sp³-hybridized carbons (Fsp3) is 0.280. The van der Waals surface area contributed by atoms with E-state index in [9.17, 15) is 24.8 Å². The second kappa shape index (κ2) is 12.8. The number of benzene rings is 2. The third-order valence-electron chi connectivity index (χ3n) is 5.14. The predicted molar refractivity (Wildman–Crippen MR) is 137 cm³/mol. The average molecular weight is 509 g/mol. The van der Waals surface area contributed by atoms with Crippen molar-refractivity contribution in [2.24, 2.45) is 0 Å². The molecule has 0 saturated heterocycles. The highest BCUT2D eigenvalue weighted by Crippen LogP contribution is 2.27. The highest BCUT2D eigenvalue weighted by molar-refractivity contribution is 5.95. The molecule has 1 aromatic heterocycles. The van der Waals surface area contributed by atoms with Gasteiger partial charge < -0.3 is 25.8 Å². The molecule has 3 aromatic rings. The number of nitro benzene ring substituents is 1. The lowest BCUT2D eigenvalue weighted by Crippen LogP contribution is -2.26. The molecular weight excluding hydrogens is 480 g/mol. The lowest BCUT2D eigenvalue weighted by Gasteiger charge is -2.16. The van der Waals surface area contributed by atoms with Crippen LogP contribution in [0.5, 0.6) is 0 Å². The van der Waals surface area contributed by atoms with Crippen molar-refractivity contribution in [1.29, 1.82) is 0 Å². The number of carboxylic acid groups (broad SMARTS) is 1. The summed E-state index contributed by atoms with van der Waals surface area (Å²) in [7, 11) is 0. The van der Waals surface area contributed by atoms with Crippen molar-refractivity contribution in [3.8, 4) is 0 Å². The highest BCUT2D eigenvalue weighted by Gasteiger charge is 2.22. The van der Waals surface area contributed by atoms with Crippen LogP contribution in [0.4, 0.5) is 27.9 Å². The monoisotopic (exact) mass is 508 g/mol. The minimum Gasteiger partial charge on any atom is -0.477 e. The number of aromatic carboxylic acids is 1. The van der Waals surface area contributed by atoms with E-state index >= 15 is 0 Å². The summed E-state index contributed by atoms with van der Waals surface area (Å²) in [5, 5.41) is 29.5. The minimum atomic E-state index is -1.18. The first-order valence-electron chi connectivity index (χ1n) is 11.6. The second-order valence-electron chi connectivity index (χ2n) is 8.32. The zero-order valence-corrected chi connectivity index (χ0v) is 20.4. The maximum Gasteiger partial charge on any atom is 0.407 e. The van der Waals surface area contributed by atoms with Gasteiger partial charge in [0.25, 0.3) is 5.69 Å². The Morgan fingerprint density at radius 2 is 1.84 bits per heavy atom. The first-order valence-corrected chi connectivity index (χ1v) is 11.6. The smallest absolute Gasteiger partial charge is 0.407 e. The maximum atomic E-state index is 12.0. The Bertz CT molecular complexity index is 1250.